The number of hydrogen-bond donors (Lipinski definition) is 0. The third-order valence-electron chi connectivity index (χ3n) is 18.6. The van der Waals surface area contributed by atoms with Crippen LogP contribution in [0.1, 0.15) is 80.9 Å². The molecular weight excluding hydrogens is 1380 g/mol. The SMILES string of the molecule is C.C.C.Cc1ccc2c(c1)c(N1CCN(C(=O)c3ccco3)CC1)c([N+](=O)[O-])c(=O)n2CCN(C)C.Cc1ccc2c(c1)c(N1CCN(C(=O)c3ccco3)CC1)c([N+](=O)[O-])c(=O)n2Cc1ccccc1.Cc1ccc2c(c1)c(N1CCN(C(=O)c3cccs3)CC1)c([N+](=O)[O-])c(=O)n2Cc1ccccc1. The van der Waals surface area contributed by atoms with Crippen LogP contribution in [-0.2, 0) is 19.6 Å². The van der Waals surface area contributed by atoms with E-state index in [2.05, 4.69) is 0 Å². The highest BCUT2D eigenvalue weighted by molar-refractivity contribution is 7.12. The van der Waals surface area contributed by atoms with Crippen LogP contribution in [0.5, 0.6) is 0 Å². The Balaban J connectivity index is 0.000000181. The third-order valence-corrected chi connectivity index (χ3v) is 19.5. The number of hydrogen-bond acceptors (Lipinski definition) is 19. The lowest BCUT2D eigenvalue weighted by Crippen LogP contribution is -2.49. The molecule has 0 radical (unpaired) electrons. The van der Waals surface area contributed by atoms with Gasteiger partial charge in [-0.15, -0.1) is 11.3 Å². The molecule has 554 valence electrons. The zero-order chi connectivity index (χ0) is 72.8. The predicted octanol–water partition coefficient (Wildman–Crippen LogP) is 12.4. The van der Waals surface area contributed by atoms with Crippen molar-refractivity contribution in [2.24, 2.45) is 0 Å². The van der Waals surface area contributed by atoms with Crippen LogP contribution in [0.15, 0.2) is 193 Å². The van der Waals surface area contributed by atoms with Gasteiger partial charge in [0, 0.05) is 108 Å². The first-order chi connectivity index (χ1) is 49.6. The minimum atomic E-state index is -0.640. The van der Waals surface area contributed by atoms with Crippen molar-refractivity contribution in [3.8, 4) is 0 Å². The molecule has 5 aromatic carbocycles. The topological polar surface area (TPSA) is 296 Å². The summed E-state index contributed by atoms with van der Waals surface area (Å²) in [5.74, 6) is 0.0539. The highest BCUT2D eigenvalue weighted by Crippen LogP contribution is 2.39. The van der Waals surface area contributed by atoms with E-state index in [1.54, 1.807) is 45.0 Å². The molecule has 0 unspecified atom stereocenters. The second-order valence-corrected chi connectivity index (χ2v) is 26.7. The number of nitrogens with zero attached hydrogens (tertiary/aromatic N) is 13. The highest BCUT2D eigenvalue weighted by atomic mass is 32.1. The second kappa shape index (κ2) is 34.0. The highest BCUT2D eigenvalue weighted by Gasteiger charge is 2.37. The van der Waals surface area contributed by atoms with Crippen molar-refractivity contribution in [2.45, 2.75) is 62.7 Å². The largest absolute Gasteiger partial charge is 0.459 e. The maximum Gasteiger partial charge on any atom is 0.357 e. The first kappa shape index (κ1) is 78.1. The van der Waals surface area contributed by atoms with Gasteiger partial charge in [0.25, 0.3) is 17.7 Å². The molecule has 6 aromatic heterocycles. The molecule has 0 saturated carbocycles. The quantitative estimate of drug-likeness (QED) is 0.0641. The van der Waals surface area contributed by atoms with E-state index < -0.39 is 48.5 Å². The van der Waals surface area contributed by atoms with Gasteiger partial charge in [0.1, 0.15) is 17.1 Å². The van der Waals surface area contributed by atoms with Crippen molar-refractivity contribution in [2.75, 3.05) is 114 Å². The lowest BCUT2D eigenvalue weighted by atomic mass is 10.1. The number of benzene rings is 5. The fourth-order valence-corrected chi connectivity index (χ4v) is 14.2. The summed E-state index contributed by atoms with van der Waals surface area (Å²) >= 11 is 1.40. The number of carbonyl (C=O) groups excluding carboxylic acids is 3. The van der Waals surface area contributed by atoms with Crippen LogP contribution in [-0.4, -0.2) is 165 Å². The van der Waals surface area contributed by atoms with Gasteiger partial charge in [0.2, 0.25) is 0 Å². The van der Waals surface area contributed by atoms with E-state index in [1.165, 1.54) is 37.6 Å². The second-order valence-electron chi connectivity index (χ2n) is 25.7. The summed E-state index contributed by atoms with van der Waals surface area (Å²) in [6, 6.07) is 46.0. The maximum atomic E-state index is 13.5. The van der Waals surface area contributed by atoms with Gasteiger partial charge in [-0.3, -0.25) is 68.2 Å². The molecule has 9 heterocycles. The number of fused-ring (bicyclic) bond motifs is 3. The number of amides is 3. The van der Waals surface area contributed by atoms with Crippen LogP contribution >= 0.6 is 11.3 Å². The van der Waals surface area contributed by atoms with Gasteiger partial charge in [0.15, 0.2) is 11.5 Å². The summed E-state index contributed by atoms with van der Waals surface area (Å²) in [5.41, 5.74) is 4.39. The molecule has 3 aliphatic rings. The van der Waals surface area contributed by atoms with Gasteiger partial charge >= 0.3 is 33.7 Å². The van der Waals surface area contributed by atoms with E-state index in [0.717, 1.165) is 27.8 Å². The Labute approximate surface area is 616 Å². The Kier molecular flexibility index (Phi) is 25.1. The smallest absolute Gasteiger partial charge is 0.357 e. The van der Waals surface area contributed by atoms with Crippen LogP contribution in [0.2, 0.25) is 0 Å². The van der Waals surface area contributed by atoms with Crippen LogP contribution < -0.4 is 31.4 Å². The predicted molar refractivity (Wildman–Crippen MR) is 415 cm³/mol. The zero-order valence-electron chi connectivity index (χ0n) is 57.4. The number of thiophene rings is 1. The molecule has 3 saturated heterocycles. The lowest BCUT2D eigenvalue weighted by Gasteiger charge is -2.36. The normalized spacial score (nSPS) is 13.6. The molecule has 3 amide bonds. The van der Waals surface area contributed by atoms with E-state index in [-0.39, 0.29) is 64.6 Å². The van der Waals surface area contributed by atoms with E-state index in [1.807, 2.05) is 181 Å². The van der Waals surface area contributed by atoms with E-state index in [0.29, 0.717) is 146 Å². The number of carbonyl (C=O) groups is 3. The van der Waals surface area contributed by atoms with Crippen LogP contribution in [0, 0.1) is 51.1 Å². The Morgan fingerprint density at radius 2 is 0.774 bits per heavy atom. The first-order valence-corrected chi connectivity index (χ1v) is 34.4. The first-order valence-electron chi connectivity index (χ1n) is 33.6. The van der Waals surface area contributed by atoms with Crippen LogP contribution in [0.4, 0.5) is 34.1 Å². The average Bonchev–Trinajstić information content (AvgIpc) is 0.850. The number of aryl methyl sites for hydroxylation is 3. The number of furan rings is 2. The van der Waals surface area contributed by atoms with Crippen LogP contribution in [0.25, 0.3) is 32.7 Å². The van der Waals surface area contributed by atoms with Crippen molar-refractivity contribution in [3.05, 3.63) is 275 Å². The lowest BCUT2D eigenvalue weighted by molar-refractivity contribution is -0.385. The van der Waals surface area contributed by atoms with Gasteiger partial charge in [0.05, 0.1) is 61.8 Å². The molecule has 11 aromatic rings. The summed E-state index contributed by atoms with van der Waals surface area (Å²) in [7, 11) is 3.79. The van der Waals surface area contributed by atoms with Crippen molar-refractivity contribution >= 4 is 95.9 Å². The Hall–Kier alpha value is -12.0. The third kappa shape index (κ3) is 16.5. The molecule has 0 aliphatic carbocycles. The van der Waals surface area contributed by atoms with Gasteiger partial charge in [-0.1, -0.05) is 124 Å². The monoisotopic (exact) mass is 1460 g/mol. The van der Waals surface area contributed by atoms with Crippen molar-refractivity contribution < 1.29 is 38.0 Å². The van der Waals surface area contributed by atoms with Crippen molar-refractivity contribution in [1.82, 2.24) is 33.3 Å². The molecule has 0 N–H and O–H groups in total. The Bertz CT molecular complexity index is 4950. The molecule has 0 bridgehead atoms. The molecule has 14 rings (SSSR count). The van der Waals surface area contributed by atoms with Gasteiger partial charge < -0.3 is 47.7 Å². The summed E-state index contributed by atoms with van der Waals surface area (Å²) in [4.78, 5) is 127. The Morgan fingerprint density at radius 3 is 1.08 bits per heavy atom. The molecule has 0 spiro atoms. The number of nitro groups is 3. The van der Waals surface area contributed by atoms with Gasteiger partial charge in [-0.2, -0.15) is 0 Å². The number of likely N-dealkylation sites (N-methyl/N-ethyl adjacent to an activating group) is 1. The number of anilines is 3. The summed E-state index contributed by atoms with van der Waals surface area (Å²) in [6.45, 7) is 11.7. The maximum absolute atomic E-state index is 13.5. The number of rotatable bonds is 16. The fourth-order valence-electron chi connectivity index (χ4n) is 13.5. The minimum Gasteiger partial charge on any atom is -0.459 e. The molecule has 28 heteroatoms. The minimum absolute atomic E-state index is 0. The van der Waals surface area contributed by atoms with Crippen molar-refractivity contribution in [3.63, 3.8) is 0 Å². The number of aromatic nitrogens is 3. The summed E-state index contributed by atoms with van der Waals surface area (Å²) < 4.78 is 14.9. The van der Waals surface area contributed by atoms with Gasteiger partial charge in [-0.25, -0.2) is 0 Å². The van der Waals surface area contributed by atoms with Gasteiger partial charge in [-0.05, 0) is 118 Å². The van der Waals surface area contributed by atoms with Crippen molar-refractivity contribution in [1.29, 1.82) is 0 Å². The standard InChI is InChI=1S/C26H24N4O5.C26H24N4O4S.C23H27N5O5.3CH4/c2*1-18-9-10-21-20(16-18)23(27-11-13-28(14-12-27)25(31)22-8-5-15-35-22)24(30(33)34)26(32)29(21)17-19-6-3-2-4-7-19;1-16-6-7-18-17(15-16)20(21(28(31)32)23(30)27(18)13-8-24(2)3)25-9-11-26(12-10-25)22(29)19-5-4-14-33-19;;;/h2*2-10,15-16H,11-14,17H2,1H3;4-7,14-15H,8-13H2,1-3H3;3*1H4. The summed E-state index contributed by atoms with van der Waals surface area (Å²) in [6.07, 6.45) is 2.90. The van der Waals surface area contributed by atoms with E-state index >= 15 is 0 Å². The average molecular weight is 1460 g/mol. The summed E-state index contributed by atoms with van der Waals surface area (Å²) in [5, 5.41) is 40.5. The Morgan fingerprint density at radius 1 is 0.434 bits per heavy atom. The fraction of sp³-hybridized carbons (Fsp3) is 0.308. The van der Waals surface area contributed by atoms with E-state index in [4.69, 9.17) is 8.83 Å². The number of piperazine rings is 3. The molecule has 27 nitrogen and oxygen atoms in total. The molecule has 106 heavy (non-hydrogen) atoms. The number of pyridine rings is 3. The van der Waals surface area contributed by atoms with Crippen LogP contribution in [0.3, 0.4) is 0 Å². The molecule has 3 aliphatic heterocycles. The molecular formula is C78H87N13O14S. The molecule has 3 fully saturated rings. The zero-order valence-corrected chi connectivity index (χ0v) is 58.2. The van der Waals surface area contributed by atoms with E-state index in [9.17, 15) is 59.1 Å². The molecule has 0 atom stereocenters.